The summed E-state index contributed by atoms with van der Waals surface area (Å²) in [6, 6.07) is 31.9. The van der Waals surface area contributed by atoms with E-state index >= 15 is 0 Å². The zero-order valence-corrected chi connectivity index (χ0v) is 28.0. The molecular weight excluding hydrogens is 590 g/mol. The van der Waals surface area contributed by atoms with Gasteiger partial charge in [-0.2, -0.15) is 5.26 Å². The lowest BCUT2D eigenvalue weighted by Gasteiger charge is -2.36. The summed E-state index contributed by atoms with van der Waals surface area (Å²) in [7, 11) is 0. The highest BCUT2D eigenvalue weighted by molar-refractivity contribution is 5.96. The number of hydrogen-bond acceptors (Lipinski definition) is 5. The quantitative estimate of drug-likeness (QED) is 0.110. The average Bonchev–Trinajstić information content (AvgIpc) is 3.55. The monoisotopic (exact) mass is 637 g/mol. The fraction of sp³-hybridized carbons (Fsp3) is 0.381. The largest absolute Gasteiger partial charge is 0.369 e. The Morgan fingerprint density at radius 2 is 1.60 bits per heavy atom. The smallest absolute Gasteiger partial charge is 0.162 e. The number of likely N-dealkylation sites (tertiary alicyclic amines) is 1. The SMILES string of the molecule is N#Cc1ccc2[nH]cc(CCCCN3CCN(c4ccc(C(=O)CCC5CCN(Cc6ccc7ccccc7c6)CC5)cc4)CC3)c2c1. The molecule has 2 fully saturated rings. The highest BCUT2D eigenvalue weighted by Crippen LogP contribution is 2.26. The number of carbonyl (C=O) groups excluding carboxylic acids is 1. The third-order valence-corrected chi connectivity index (χ3v) is 10.7. The van der Waals surface area contributed by atoms with Crippen LogP contribution in [0.1, 0.15) is 65.6 Å². The first-order chi connectivity index (χ1) is 23.6. The normalized spacial score (nSPS) is 16.4. The van der Waals surface area contributed by atoms with E-state index in [9.17, 15) is 10.1 Å². The number of aromatic nitrogens is 1. The lowest BCUT2D eigenvalue weighted by molar-refractivity contribution is 0.0961. The third kappa shape index (κ3) is 7.81. The average molecular weight is 638 g/mol. The van der Waals surface area contributed by atoms with Gasteiger partial charge in [-0.1, -0.05) is 36.4 Å². The first kappa shape index (κ1) is 32.1. The van der Waals surface area contributed by atoms with Gasteiger partial charge in [0.15, 0.2) is 5.78 Å². The van der Waals surface area contributed by atoms with E-state index in [0.717, 1.165) is 88.3 Å². The fourth-order valence-electron chi connectivity index (χ4n) is 7.70. The summed E-state index contributed by atoms with van der Waals surface area (Å²) in [4.78, 5) is 24.0. The topological polar surface area (TPSA) is 66.4 Å². The van der Waals surface area contributed by atoms with Crippen molar-refractivity contribution in [3.8, 4) is 6.07 Å². The number of benzene rings is 4. The molecule has 7 rings (SSSR count). The van der Waals surface area contributed by atoms with Gasteiger partial charge in [-0.3, -0.25) is 14.6 Å². The Hall–Kier alpha value is -4.44. The van der Waals surface area contributed by atoms with Crippen LogP contribution in [0.3, 0.4) is 0 Å². The predicted molar refractivity (Wildman–Crippen MR) is 197 cm³/mol. The highest BCUT2D eigenvalue weighted by Gasteiger charge is 2.21. The van der Waals surface area contributed by atoms with Crippen molar-refractivity contribution in [2.75, 3.05) is 50.7 Å². The first-order valence-electron chi connectivity index (χ1n) is 17.9. The molecule has 0 saturated carbocycles. The summed E-state index contributed by atoms with van der Waals surface area (Å²) in [6.45, 7) is 8.54. The number of rotatable bonds is 12. The number of nitrogens with zero attached hydrogens (tertiary/aromatic N) is 4. The van der Waals surface area contributed by atoms with Crippen LogP contribution < -0.4 is 4.90 Å². The van der Waals surface area contributed by atoms with E-state index in [1.165, 1.54) is 52.2 Å². The van der Waals surface area contributed by atoms with Crippen molar-refractivity contribution in [2.45, 2.75) is 51.5 Å². The van der Waals surface area contributed by atoms with E-state index < -0.39 is 0 Å². The van der Waals surface area contributed by atoms with Crippen LogP contribution in [0.4, 0.5) is 5.69 Å². The number of H-pyrrole nitrogens is 1. The van der Waals surface area contributed by atoms with Crippen molar-refractivity contribution in [1.29, 1.82) is 5.26 Å². The van der Waals surface area contributed by atoms with Crippen LogP contribution in [0.25, 0.3) is 21.7 Å². The number of nitrogens with one attached hydrogen (secondary N) is 1. The number of nitriles is 1. The minimum atomic E-state index is 0.281. The van der Waals surface area contributed by atoms with Crippen LogP contribution in [-0.4, -0.2) is 66.4 Å². The Kier molecular flexibility index (Phi) is 10.2. The van der Waals surface area contributed by atoms with E-state index in [1.54, 1.807) is 0 Å². The van der Waals surface area contributed by atoms with Gasteiger partial charge in [-0.15, -0.1) is 0 Å². The van der Waals surface area contributed by atoms with E-state index in [1.807, 2.05) is 30.3 Å². The maximum absolute atomic E-state index is 13.1. The number of piperidine rings is 1. The van der Waals surface area contributed by atoms with E-state index in [-0.39, 0.29) is 5.78 Å². The van der Waals surface area contributed by atoms with Gasteiger partial charge in [0.25, 0.3) is 0 Å². The number of Topliss-reactive ketones (excluding diaryl/α,β-unsaturated/α-hetero) is 1. The molecule has 0 spiro atoms. The van der Waals surface area contributed by atoms with E-state index in [4.69, 9.17) is 0 Å². The molecule has 2 aliphatic heterocycles. The van der Waals surface area contributed by atoms with Gasteiger partial charge >= 0.3 is 0 Å². The molecule has 2 saturated heterocycles. The number of unbranched alkanes of at least 4 members (excludes halogenated alkanes) is 1. The number of carbonyl (C=O) groups is 1. The third-order valence-electron chi connectivity index (χ3n) is 10.7. The van der Waals surface area contributed by atoms with Gasteiger partial charge in [-0.25, -0.2) is 0 Å². The summed E-state index contributed by atoms with van der Waals surface area (Å²) in [5, 5.41) is 13.0. The molecule has 4 aromatic carbocycles. The fourth-order valence-corrected chi connectivity index (χ4v) is 7.70. The molecule has 0 atom stereocenters. The van der Waals surface area contributed by atoms with Crippen molar-refractivity contribution in [1.82, 2.24) is 14.8 Å². The molecule has 0 bridgehead atoms. The number of ketones is 1. The minimum absolute atomic E-state index is 0.281. The van der Waals surface area contributed by atoms with Gasteiger partial charge < -0.3 is 9.88 Å². The number of anilines is 1. The Labute approximate surface area is 285 Å². The van der Waals surface area contributed by atoms with Gasteiger partial charge in [0, 0.05) is 67.5 Å². The molecule has 3 heterocycles. The zero-order valence-electron chi connectivity index (χ0n) is 28.0. The van der Waals surface area contributed by atoms with E-state index in [2.05, 4.69) is 86.5 Å². The molecule has 0 radical (unpaired) electrons. The second-order valence-corrected chi connectivity index (χ2v) is 13.9. The summed E-state index contributed by atoms with van der Waals surface area (Å²) in [5.41, 5.74) is 6.60. The van der Waals surface area contributed by atoms with Gasteiger partial charge in [0.2, 0.25) is 0 Å². The van der Waals surface area contributed by atoms with Gasteiger partial charge in [0.1, 0.15) is 0 Å². The van der Waals surface area contributed by atoms with Crippen LogP contribution in [0.15, 0.2) is 91.1 Å². The molecule has 1 aromatic heterocycles. The van der Waals surface area contributed by atoms with Crippen LogP contribution >= 0.6 is 0 Å². The predicted octanol–water partition coefficient (Wildman–Crippen LogP) is 8.21. The van der Waals surface area contributed by atoms with Crippen molar-refractivity contribution >= 4 is 33.1 Å². The molecular formula is C42H47N5O. The summed E-state index contributed by atoms with van der Waals surface area (Å²) < 4.78 is 0. The molecule has 0 aliphatic carbocycles. The lowest BCUT2D eigenvalue weighted by Crippen LogP contribution is -2.46. The number of aromatic amines is 1. The van der Waals surface area contributed by atoms with Crippen molar-refractivity contribution in [3.63, 3.8) is 0 Å². The summed E-state index contributed by atoms with van der Waals surface area (Å²) in [5.74, 6) is 0.923. The van der Waals surface area contributed by atoms with Crippen molar-refractivity contribution in [2.24, 2.45) is 5.92 Å². The second-order valence-electron chi connectivity index (χ2n) is 13.9. The maximum Gasteiger partial charge on any atom is 0.162 e. The number of aryl methyl sites for hydroxylation is 1. The molecule has 6 heteroatoms. The first-order valence-corrected chi connectivity index (χ1v) is 17.9. The Bertz CT molecular complexity index is 1870. The molecule has 5 aromatic rings. The van der Waals surface area contributed by atoms with Crippen LogP contribution in [0.5, 0.6) is 0 Å². The molecule has 246 valence electrons. The van der Waals surface area contributed by atoms with Crippen LogP contribution in [0.2, 0.25) is 0 Å². The van der Waals surface area contributed by atoms with Gasteiger partial charge in [-0.05, 0) is 135 Å². The summed E-state index contributed by atoms with van der Waals surface area (Å²) in [6.07, 6.45) is 9.45. The second kappa shape index (κ2) is 15.2. The molecule has 6 nitrogen and oxygen atoms in total. The zero-order chi connectivity index (χ0) is 32.7. The Morgan fingerprint density at radius 1 is 0.812 bits per heavy atom. The molecule has 0 amide bonds. The van der Waals surface area contributed by atoms with E-state index in [0.29, 0.717) is 12.3 Å². The van der Waals surface area contributed by atoms with Gasteiger partial charge in [0.05, 0.1) is 11.6 Å². The van der Waals surface area contributed by atoms with Crippen LogP contribution in [-0.2, 0) is 13.0 Å². The molecule has 2 aliphatic rings. The Morgan fingerprint density at radius 3 is 2.40 bits per heavy atom. The van der Waals surface area contributed by atoms with Crippen molar-refractivity contribution < 1.29 is 4.79 Å². The minimum Gasteiger partial charge on any atom is -0.369 e. The molecule has 1 N–H and O–H groups in total. The molecule has 48 heavy (non-hydrogen) atoms. The lowest BCUT2D eigenvalue weighted by atomic mass is 9.90. The molecule has 0 unspecified atom stereocenters. The number of fused-ring (bicyclic) bond motifs is 2. The standard InChI is InChI=1S/C42H47N5O/c43-29-33-9-16-41-40(28-33)38(30-44-41)7-3-4-20-45-23-25-47(26-24-45)39-14-12-36(13-15-39)42(48)17-10-32-18-21-46(22-19-32)31-34-8-11-35-5-1-2-6-37(35)27-34/h1-2,5-6,8-9,11-16,27-28,30,32,44H,3-4,7,10,17-26,31H2. The van der Waals surface area contributed by atoms with Crippen molar-refractivity contribution in [3.05, 3.63) is 113 Å². The van der Waals surface area contributed by atoms with Crippen LogP contribution in [0, 0.1) is 17.2 Å². The number of piperazine rings is 1. The number of hydrogen-bond donors (Lipinski definition) is 1. The highest BCUT2D eigenvalue weighted by atomic mass is 16.1. The maximum atomic E-state index is 13.1. The Balaban J connectivity index is 0.792. The summed E-state index contributed by atoms with van der Waals surface area (Å²) >= 11 is 0.